The normalized spacial score (nSPS) is 10.1. The van der Waals surface area contributed by atoms with E-state index >= 15 is 0 Å². The fourth-order valence-electron chi connectivity index (χ4n) is 0.870. The third-order valence-electron chi connectivity index (χ3n) is 1.41. The van der Waals surface area contributed by atoms with Crippen LogP contribution in [0, 0.1) is 10.1 Å². The number of nitro benzene ring substituents is 1. The van der Waals surface area contributed by atoms with Gasteiger partial charge in [-0.15, -0.1) is 0 Å². The van der Waals surface area contributed by atoms with E-state index < -0.39 is 4.92 Å². The molecule has 70 valence electrons. The van der Waals surface area contributed by atoms with Crippen LogP contribution in [0.25, 0.3) is 0 Å². The molecule has 6 heteroatoms. The molecule has 0 aromatic heterocycles. The van der Waals surface area contributed by atoms with Gasteiger partial charge in [0, 0.05) is 5.33 Å². The quantitative estimate of drug-likeness (QED) is 0.471. The Bertz CT molecular complexity index is 333. The van der Waals surface area contributed by atoms with Crippen LogP contribution in [0.15, 0.2) is 12.1 Å². The second kappa shape index (κ2) is 4.26. The summed E-state index contributed by atoms with van der Waals surface area (Å²) in [6.45, 7) is 0. The summed E-state index contributed by atoms with van der Waals surface area (Å²) in [7, 11) is 0. The second-order valence-corrected chi connectivity index (χ2v) is 3.67. The second-order valence-electron chi connectivity index (χ2n) is 2.30. The average Bonchev–Trinajstić information content (AvgIpc) is 2.02. The SMILES string of the molecule is O=[N+]([O-])c1c(Cl)cc(CBr)cc1Cl. The zero-order chi connectivity index (χ0) is 10.0. The van der Waals surface area contributed by atoms with E-state index in [1.807, 2.05) is 0 Å². The highest BCUT2D eigenvalue weighted by molar-refractivity contribution is 9.08. The lowest BCUT2D eigenvalue weighted by atomic mass is 10.2. The molecule has 0 N–H and O–H groups in total. The van der Waals surface area contributed by atoms with Crippen molar-refractivity contribution in [3.05, 3.63) is 37.9 Å². The summed E-state index contributed by atoms with van der Waals surface area (Å²) in [5.74, 6) is 0. The Labute approximate surface area is 92.9 Å². The number of hydrogen-bond acceptors (Lipinski definition) is 2. The number of hydrogen-bond donors (Lipinski definition) is 0. The van der Waals surface area contributed by atoms with Crippen molar-refractivity contribution in [2.75, 3.05) is 0 Å². The van der Waals surface area contributed by atoms with E-state index in [9.17, 15) is 10.1 Å². The predicted molar refractivity (Wildman–Crippen MR) is 55.7 cm³/mol. The van der Waals surface area contributed by atoms with E-state index in [1.54, 1.807) is 0 Å². The first-order valence-corrected chi connectivity index (χ1v) is 5.12. The number of nitro groups is 1. The van der Waals surface area contributed by atoms with Crippen molar-refractivity contribution in [1.29, 1.82) is 0 Å². The van der Waals surface area contributed by atoms with Gasteiger partial charge in [0.1, 0.15) is 10.0 Å². The summed E-state index contributed by atoms with van der Waals surface area (Å²) in [6.07, 6.45) is 0. The summed E-state index contributed by atoms with van der Waals surface area (Å²) in [5.41, 5.74) is 0.564. The maximum absolute atomic E-state index is 10.5. The topological polar surface area (TPSA) is 43.1 Å². The van der Waals surface area contributed by atoms with Crippen molar-refractivity contribution in [3.8, 4) is 0 Å². The molecule has 1 aromatic carbocycles. The maximum Gasteiger partial charge on any atom is 0.306 e. The number of rotatable bonds is 2. The Morgan fingerprint density at radius 3 is 2.15 bits per heavy atom. The number of benzene rings is 1. The highest BCUT2D eigenvalue weighted by Gasteiger charge is 2.18. The molecular formula is C7H4BrCl2NO2. The molecule has 0 unspecified atom stereocenters. The fraction of sp³-hybridized carbons (Fsp3) is 0.143. The van der Waals surface area contributed by atoms with E-state index in [0.29, 0.717) is 5.33 Å². The minimum atomic E-state index is -0.595. The molecule has 13 heavy (non-hydrogen) atoms. The lowest BCUT2D eigenvalue weighted by molar-refractivity contribution is -0.384. The highest BCUT2D eigenvalue weighted by Crippen LogP contribution is 2.33. The van der Waals surface area contributed by atoms with Crippen LogP contribution in [0.5, 0.6) is 0 Å². The van der Waals surface area contributed by atoms with Crippen LogP contribution in [0.1, 0.15) is 5.56 Å². The van der Waals surface area contributed by atoms with Gasteiger partial charge in [-0.25, -0.2) is 0 Å². The van der Waals surface area contributed by atoms with Crippen LogP contribution in [0.2, 0.25) is 10.0 Å². The van der Waals surface area contributed by atoms with Crippen LogP contribution in [-0.2, 0) is 5.33 Å². The summed E-state index contributed by atoms with van der Waals surface area (Å²) in [6, 6.07) is 3.03. The Morgan fingerprint density at radius 2 is 1.85 bits per heavy atom. The fourth-order valence-corrected chi connectivity index (χ4v) is 1.86. The van der Waals surface area contributed by atoms with Crippen molar-refractivity contribution in [2.45, 2.75) is 5.33 Å². The van der Waals surface area contributed by atoms with E-state index in [0.717, 1.165) is 5.56 Å². The van der Waals surface area contributed by atoms with Gasteiger partial charge < -0.3 is 0 Å². The number of alkyl halides is 1. The van der Waals surface area contributed by atoms with Gasteiger partial charge >= 0.3 is 5.69 Å². The van der Waals surface area contributed by atoms with Gasteiger partial charge in [0.2, 0.25) is 0 Å². The van der Waals surface area contributed by atoms with Crippen molar-refractivity contribution in [2.24, 2.45) is 0 Å². The van der Waals surface area contributed by atoms with Crippen molar-refractivity contribution >= 4 is 44.8 Å². The molecular weight excluding hydrogens is 281 g/mol. The first-order valence-electron chi connectivity index (χ1n) is 3.24. The summed E-state index contributed by atoms with van der Waals surface area (Å²) in [4.78, 5) is 9.87. The van der Waals surface area contributed by atoms with Gasteiger partial charge in [-0.2, -0.15) is 0 Å². The van der Waals surface area contributed by atoms with Gasteiger partial charge in [-0.3, -0.25) is 10.1 Å². The molecule has 0 aliphatic heterocycles. The molecule has 0 fully saturated rings. The summed E-state index contributed by atoms with van der Waals surface area (Å²) < 4.78 is 0. The van der Waals surface area contributed by atoms with Gasteiger partial charge in [0.25, 0.3) is 0 Å². The standard InChI is InChI=1S/C7H4BrCl2NO2/c8-3-4-1-5(9)7(11(12)13)6(10)2-4/h1-2H,3H2. The monoisotopic (exact) mass is 283 g/mol. The molecule has 0 amide bonds. The lowest BCUT2D eigenvalue weighted by Crippen LogP contribution is -1.91. The first-order chi connectivity index (χ1) is 6.06. The van der Waals surface area contributed by atoms with Gasteiger partial charge in [-0.1, -0.05) is 39.1 Å². The van der Waals surface area contributed by atoms with Crippen LogP contribution in [0.3, 0.4) is 0 Å². The molecule has 0 aliphatic carbocycles. The van der Waals surface area contributed by atoms with Crippen molar-refractivity contribution in [1.82, 2.24) is 0 Å². The molecule has 0 aliphatic rings. The van der Waals surface area contributed by atoms with Gasteiger partial charge in [-0.05, 0) is 17.7 Å². The Morgan fingerprint density at radius 1 is 1.38 bits per heavy atom. The van der Waals surface area contributed by atoms with Crippen molar-refractivity contribution < 1.29 is 4.92 Å². The van der Waals surface area contributed by atoms with Gasteiger partial charge in [0.15, 0.2) is 0 Å². The minimum absolute atomic E-state index is 0.0620. The third kappa shape index (κ3) is 2.33. The largest absolute Gasteiger partial charge is 0.306 e. The molecule has 3 nitrogen and oxygen atoms in total. The first kappa shape index (κ1) is 10.8. The molecule has 0 bridgehead atoms. The third-order valence-corrected chi connectivity index (χ3v) is 2.64. The molecule has 0 saturated heterocycles. The molecule has 1 aromatic rings. The van der Waals surface area contributed by atoms with E-state index in [1.165, 1.54) is 12.1 Å². The van der Waals surface area contributed by atoms with Crippen LogP contribution in [-0.4, -0.2) is 4.92 Å². The van der Waals surface area contributed by atoms with Crippen molar-refractivity contribution in [3.63, 3.8) is 0 Å². The Hall–Kier alpha value is -0.320. The number of nitrogens with zero attached hydrogens (tertiary/aromatic N) is 1. The van der Waals surface area contributed by atoms with Crippen LogP contribution < -0.4 is 0 Å². The van der Waals surface area contributed by atoms with E-state index in [2.05, 4.69) is 15.9 Å². The van der Waals surface area contributed by atoms with Crippen LogP contribution >= 0.6 is 39.1 Å². The van der Waals surface area contributed by atoms with Gasteiger partial charge in [0.05, 0.1) is 4.92 Å². The predicted octanol–water partition coefficient (Wildman–Crippen LogP) is 3.80. The maximum atomic E-state index is 10.5. The molecule has 1 rings (SSSR count). The molecule has 0 spiro atoms. The molecule has 0 radical (unpaired) electrons. The Balaban J connectivity index is 3.31. The Kier molecular flexibility index (Phi) is 3.53. The molecule has 0 atom stereocenters. The number of halogens is 3. The highest BCUT2D eigenvalue weighted by atomic mass is 79.9. The summed E-state index contributed by atoms with van der Waals surface area (Å²) in [5, 5.41) is 11.2. The van der Waals surface area contributed by atoms with E-state index in [4.69, 9.17) is 23.2 Å². The zero-order valence-corrected chi connectivity index (χ0v) is 9.36. The zero-order valence-electron chi connectivity index (χ0n) is 6.26. The lowest BCUT2D eigenvalue weighted by Gasteiger charge is -2.00. The summed E-state index contributed by atoms with van der Waals surface area (Å²) >= 11 is 14.5. The minimum Gasteiger partial charge on any atom is -0.258 e. The van der Waals surface area contributed by atoms with Crippen LogP contribution in [0.4, 0.5) is 5.69 Å². The smallest absolute Gasteiger partial charge is 0.258 e. The molecule has 0 heterocycles. The molecule has 0 saturated carbocycles. The van der Waals surface area contributed by atoms with E-state index in [-0.39, 0.29) is 15.7 Å². The average molecular weight is 285 g/mol.